The number of carbonyl (C=O) groups is 1. The van der Waals surface area contributed by atoms with Gasteiger partial charge < -0.3 is 15.1 Å². The topological polar surface area (TPSA) is 59.5 Å². The Morgan fingerprint density at radius 2 is 2.06 bits per heavy atom. The predicted molar refractivity (Wildman–Crippen MR) is 61.4 cm³/mol. The second kappa shape index (κ2) is 3.94. The molecule has 1 fully saturated rings. The van der Waals surface area contributed by atoms with Gasteiger partial charge >= 0.3 is 0 Å². The van der Waals surface area contributed by atoms with E-state index in [4.69, 9.17) is 10.2 Å². The molecular formula is C12H18N2O2. The summed E-state index contributed by atoms with van der Waals surface area (Å²) in [7, 11) is 0. The molecule has 4 heteroatoms. The molecule has 88 valence electrons. The average Bonchev–Trinajstić information content (AvgIpc) is 2.73. The highest BCUT2D eigenvalue weighted by Gasteiger charge is 2.28. The number of aryl methyl sites for hydroxylation is 2. The monoisotopic (exact) mass is 222 g/mol. The number of carbonyl (C=O) groups excluding carboxylic acids is 1. The van der Waals surface area contributed by atoms with E-state index in [1.54, 1.807) is 0 Å². The highest BCUT2D eigenvalue weighted by molar-refractivity contribution is 5.97. The van der Waals surface area contributed by atoms with Gasteiger partial charge in [-0.2, -0.15) is 0 Å². The Morgan fingerprint density at radius 3 is 2.50 bits per heavy atom. The molecule has 4 nitrogen and oxygen atoms in total. The molecule has 1 aliphatic rings. The molecule has 0 saturated carbocycles. The molecule has 1 saturated heterocycles. The third kappa shape index (κ3) is 1.73. The number of nitrogens with two attached hydrogens (primary N) is 1. The Labute approximate surface area is 95.4 Å². The molecule has 0 radical (unpaired) electrons. The Balaban J connectivity index is 2.27. The van der Waals surface area contributed by atoms with Gasteiger partial charge in [0.05, 0.1) is 5.56 Å². The van der Waals surface area contributed by atoms with E-state index in [1.807, 2.05) is 25.7 Å². The molecule has 16 heavy (non-hydrogen) atoms. The molecule has 1 amide bonds. The van der Waals surface area contributed by atoms with Crippen molar-refractivity contribution in [3.8, 4) is 0 Å². The molecule has 0 aromatic carbocycles. The van der Waals surface area contributed by atoms with Crippen molar-refractivity contribution >= 4 is 5.91 Å². The van der Waals surface area contributed by atoms with Crippen LogP contribution in [-0.2, 0) is 0 Å². The van der Waals surface area contributed by atoms with Crippen molar-refractivity contribution in [1.82, 2.24) is 4.90 Å². The zero-order valence-corrected chi connectivity index (χ0v) is 10.0. The minimum Gasteiger partial charge on any atom is -0.466 e. The van der Waals surface area contributed by atoms with E-state index in [0.29, 0.717) is 17.9 Å². The van der Waals surface area contributed by atoms with Crippen molar-refractivity contribution in [3.63, 3.8) is 0 Å². The number of furan rings is 1. The highest BCUT2D eigenvalue weighted by atomic mass is 16.3. The number of likely N-dealkylation sites (tertiary alicyclic amines) is 1. The molecule has 2 N–H and O–H groups in total. The standard InChI is InChI=1S/C12H18N2O2/c1-7-8(2)16-9(3)11(7)12(15)14-5-4-10(13)6-14/h10H,4-6,13H2,1-3H3/t10-/m1/s1. The quantitative estimate of drug-likeness (QED) is 0.781. The van der Waals surface area contributed by atoms with Crippen LogP contribution in [0.1, 0.15) is 33.9 Å². The van der Waals surface area contributed by atoms with E-state index >= 15 is 0 Å². The van der Waals surface area contributed by atoms with Crippen molar-refractivity contribution in [2.75, 3.05) is 13.1 Å². The van der Waals surface area contributed by atoms with Crippen LogP contribution in [0.2, 0.25) is 0 Å². The Hall–Kier alpha value is -1.29. The average molecular weight is 222 g/mol. The Kier molecular flexibility index (Phi) is 2.76. The summed E-state index contributed by atoms with van der Waals surface area (Å²) in [4.78, 5) is 14.1. The molecular weight excluding hydrogens is 204 g/mol. The van der Waals surface area contributed by atoms with Gasteiger partial charge in [-0.05, 0) is 27.2 Å². The van der Waals surface area contributed by atoms with Crippen LogP contribution in [0.4, 0.5) is 0 Å². The summed E-state index contributed by atoms with van der Waals surface area (Å²) in [5.74, 6) is 1.59. The van der Waals surface area contributed by atoms with Gasteiger partial charge in [-0.3, -0.25) is 4.79 Å². The van der Waals surface area contributed by atoms with E-state index in [-0.39, 0.29) is 11.9 Å². The first kappa shape index (κ1) is 11.2. The van der Waals surface area contributed by atoms with Crippen LogP contribution in [0.5, 0.6) is 0 Å². The fraction of sp³-hybridized carbons (Fsp3) is 0.583. The predicted octanol–water partition coefficient (Wildman–Crippen LogP) is 1.38. The minimum atomic E-state index is 0.0554. The van der Waals surface area contributed by atoms with Crippen LogP contribution in [0.15, 0.2) is 4.42 Å². The maximum atomic E-state index is 12.3. The molecule has 0 spiro atoms. The van der Waals surface area contributed by atoms with E-state index in [2.05, 4.69) is 0 Å². The Bertz CT molecular complexity index is 423. The maximum Gasteiger partial charge on any atom is 0.257 e. The summed E-state index contributed by atoms with van der Waals surface area (Å²) < 4.78 is 5.47. The van der Waals surface area contributed by atoms with Gasteiger partial charge in [-0.15, -0.1) is 0 Å². The van der Waals surface area contributed by atoms with Crippen molar-refractivity contribution in [2.45, 2.75) is 33.2 Å². The van der Waals surface area contributed by atoms with E-state index < -0.39 is 0 Å². The zero-order chi connectivity index (χ0) is 11.9. The molecule has 2 rings (SSSR count). The summed E-state index contributed by atoms with van der Waals surface area (Å²) in [6, 6.07) is 0.123. The molecule has 1 atom stereocenters. The van der Waals surface area contributed by atoms with E-state index in [1.165, 1.54) is 0 Å². The van der Waals surface area contributed by atoms with Crippen LogP contribution in [0.3, 0.4) is 0 Å². The molecule has 0 bridgehead atoms. The van der Waals surface area contributed by atoms with Gasteiger partial charge in [-0.1, -0.05) is 0 Å². The van der Waals surface area contributed by atoms with Gasteiger partial charge in [0, 0.05) is 24.7 Å². The van der Waals surface area contributed by atoms with Crippen LogP contribution < -0.4 is 5.73 Å². The van der Waals surface area contributed by atoms with Gasteiger partial charge in [0.15, 0.2) is 0 Å². The summed E-state index contributed by atoms with van der Waals surface area (Å²) in [6.07, 6.45) is 0.890. The summed E-state index contributed by atoms with van der Waals surface area (Å²) >= 11 is 0. The summed E-state index contributed by atoms with van der Waals surface area (Å²) in [6.45, 7) is 7.05. The van der Waals surface area contributed by atoms with Gasteiger partial charge in [-0.25, -0.2) is 0 Å². The Morgan fingerprint density at radius 1 is 1.38 bits per heavy atom. The van der Waals surface area contributed by atoms with Gasteiger partial charge in [0.2, 0.25) is 0 Å². The van der Waals surface area contributed by atoms with Crippen molar-refractivity contribution in [3.05, 3.63) is 22.6 Å². The largest absolute Gasteiger partial charge is 0.466 e. The number of amides is 1. The smallest absolute Gasteiger partial charge is 0.257 e. The minimum absolute atomic E-state index is 0.0554. The van der Waals surface area contributed by atoms with Gasteiger partial charge in [0.25, 0.3) is 5.91 Å². The molecule has 0 unspecified atom stereocenters. The zero-order valence-electron chi connectivity index (χ0n) is 10.0. The fourth-order valence-electron chi connectivity index (χ4n) is 2.24. The molecule has 1 aromatic heterocycles. The van der Waals surface area contributed by atoms with E-state index in [9.17, 15) is 4.79 Å². The number of nitrogens with zero attached hydrogens (tertiary/aromatic N) is 1. The van der Waals surface area contributed by atoms with E-state index in [0.717, 1.165) is 24.3 Å². The van der Waals surface area contributed by atoms with Crippen LogP contribution >= 0.6 is 0 Å². The SMILES string of the molecule is Cc1oc(C)c(C(=O)N2CC[C@@H](N)C2)c1C. The highest BCUT2D eigenvalue weighted by Crippen LogP contribution is 2.23. The first-order valence-electron chi connectivity index (χ1n) is 5.62. The number of hydrogen-bond acceptors (Lipinski definition) is 3. The molecule has 1 aliphatic heterocycles. The summed E-state index contributed by atoms with van der Waals surface area (Å²) in [5, 5.41) is 0. The van der Waals surface area contributed by atoms with Crippen LogP contribution in [-0.4, -0.2) is 29.9 Å². The number of hydrogen-bond donors (Lipinski definition) is 1. The molecule has 1 aromatic rings. The lowest BCUT2D eigenvalue weighted by Crippen LogP contribution is -2.32. The third-order valence-corrected chi connectivity index (χ3v) is 3.29. The molecule has 2 heterocycles. The lowest BCUT2D eigenvalue weighted by molar-refractivity contribution is 0.0788. The second-order valence-electron chi connectivity index (χ2n) is 4.51. The number of rotatable bonds is 1. The first-order chi connectivity index (χ1) is 7.50. The van der Waals surface area contributed by atoms with Crippen LogP contribution in [0.25, 0.3) is 0 Å². The summed E-state index contributed by atoms with van der Waals surface area (Å²) in [5.41, 5.74) is 7.47. The van der Waals surface area contributed by atoms with Crippen molar-refractivity contribution in [2.24, 2.45) is 5.73 Å². The lowest BCUT2D eigenvalue weighted by Gasteiger charge is -2.15. The molecule has 0 aliphatic carbocycles. The normalized spacial score (nSPS) is 20.5. The maximum absolute atomic E-state index is 12.3. The van der Waals surface area contributed by atoms with Crippen molar-refractivity contribution < 1.29 is 9.21 Å². The van der Waals surface area contributed by atoms with Gasteiger partial charge in [0.1, 0.15) is 11.5 Å². The lowest BCUT2D eigenvalue weighted by atomic mass is 10.1. The van der Waals surface area contributed by atoms with Crippen LogP contribution in [0, 0.1) is 20.8 Å². The first-order valence-corrected chi connectivity index (χ1v) is 5.62. The fourth-order valence-corrected chi connectivity index (χ4v) is 2.24. The van der Waals surface area contributed by atoms with Crippen molar-refractivity contribution in [1.29, 1.82) is 0 Å². The third-order valence-electron chi connectivity index (χ3n) is 3.29. The second-order valence-corrected chi connectivity index (χ2v) is 4.51.